The largest absolute Gasteiger partial charge is 0.385 e. The molecule has 0 unspecified atom stereocenters. The summed E-state index contributed by atoms with van der Waals surface area (Å²) < 4.78 is 0. The third-order valence-electron chi connectivity index (χ3n) is 3.94. The zero-order valence-corrected chi connectivity index (χ0v) is 13.1. The van der Waals surface area contributed by atoms with Crippen LogP contribution in [0.5, 0.6) is 0 Å². The highest BCUT2D eigenvalue weighted by atomic mass is 35.5. The lowest BCUT2D eigenvalue weighted by Gasteiger charge is -2.12. The van der Waals surface area contributed by atoms with E-state index in [1.54, 1.807) is 6.07 Å². The molecular formula is C16H20ClN5. The van der Waals surface area contributed by atoms with E-state index in [4.69, 9.17) is 17.3 Å². The molecule has 1 aromatic carbocycles. The second-order valence-electron chi connectivity index (χ2n) is 5.67. The van der Waals surface area contributed by atoms with Crippen molar-refractivity contribution in [3.8, 4) is 0 Å². The van der Waals surface area contributed by atoms with Crippen LogP contribution < -0.4 is 16.4 Å². The molecule has 0 amide bonds. The predicted octanol–water partition coefficient (Wildman–Crippen LogP) is 4.06. The molecule has 4 N–H and O–H groups in total. The van der Waals surface area contributed by atoms with Crippen LogP contribution >= 0.6 is 11.6 Å². The molecule has 1 heterocycles. The molecule has 1 aliphatic carbocycles. The molecule has 1 aromatic heterocycles. The maximum atomic E-state index is 5.86. The molecule has 3 rings (SSSR count). The van der Waals surface area contributed by atoms with E-state index in [1.165, 1.54) is 25.7 Å². The van der Waals surface area contributed by atoms with Gasteiger partial charge >= 0.3 is 0 Å². The molecule has 0 spiro atoms. The van der Waals surface area contributed by atoms with Crippen LogP contribution in [0.4, 0.5) is 23.1 Å². The summed E-state index contributed by atoms with van der Waals surface area (Å²) in [5.41, 5.74) is 7.65. The van der Waals surface area contributed by atoms with Crippen molar-refractivity contribution in [3.05, 3.63) is 35.5 Å². The first-order valence-electron chi connectivity index (χ1n) is 7.60. The van der Waals surface area contributed by atoms with Gasteiger partial charge in [0.2, 0.25) is 5.95 Å². The molecule has 0 radical (unpaired) electrons. The van der Waals surface area contributed by atoms with Gasteiger partial charge in [-0.05, 0) is 43.0 Å². The Labute approximate surface area is 135 Å². The van der Waals surface area contributed by atoms with Crippen LogP contribution in [0.1, 0.15) is 25.7 Å². The van der Waals surface area contributed by atoms with E-state index < -0.39 is 0 Å². The Morgan fingerprint density at radius 1 is 1.09 bits per heavy atom. The van der Waals surface area contributed by atoms with Crippen LogP contribution in [0.3, 0.4) is 0 Å². The summed E-state index contributed by atoms with van der Waals surface area (Å²) in [5.74, 6) is 1.57. The average molecular weight is 318 g/mol. The number of hydrogen-bond donors (Lipinski definition) is 3. The van der Waals surface area contributed by atoms with Gasteiger partial charge in [-0.25, -0.2) is 4.98 Å². The van der Waals surface area contributed by atoms with Crippen LogP contribution in [0.25, 0.3) is 0 Å². The standard InChI is InChI=1S/C16H20ClN5/c17-14-9-15(22-16(18)21-14)20-13-7-5-12(6-8-13)19-10-11-3-1-2-4-11/h5-9,11,19H,1-4,10H2,(H3,18,20,21,22). The van der Waals surface area contributed by atoms with Crippen LogP contribution in [-0.4, -0.2) is 16.5 Å². The normalized spacial score (nSPS) is 15.0. The Morgan fingerprint density at radius 2 is 1.77 bits per heavy atom. The quantitative estimate of drug-likeness (QED) is 0.725. The summed E-state index contributed by atoms with van der Waals surface area (Å²) in [7, 11) is 0. The molecule has 1 fully saturated rings. The van der Waals surface area contributed by atoms with Crippen molar-refractivity contribution in [2.75, 3.05) is 22.9 Å². The number of nitrogens with zero attached hydrogens (tertiary/aromatic N) is 2. The molecule has 0 bridgehead atoms. The highest BCUT2D eigenvalue weighted by Gasteiger charge is 2.14. The van der Waals surface area contributed by atoms with E-state index in [9.17, 15) is 0 Å². The minimum absolute atomic E-state index is 0.157. The van der Waals surface area contributed by atoms with Crippen molar-refractivity contribution in [2.45, 2.75) is 25.7 Å². The number of benzene rings is 1. The number of rotatable bonds is 5. The zero-order chi connectivity index (χ0) is 15.4. The number of aromatic nitrogens is 2. The van der Waals surface area contributed by atoms with Gasteiger partial charge in [-0.15, -0.1) is 0 Å². The average Bonchev–Trinajstić information content (AvgIpc) is 2.99. The second kappa shape index (κ2) is 6.83. The lowest BCUT2D eigenvalue weighted by Crippen LogP contribution is -2.10. The summed E-state index contributed by atoms with van der Waals surface area (Å²) in [6.07, 6.45) is 5.45. The highest BCUT2D eigenvalue weighted by molar-refractivity contribution is 6.29. The van der Waals surface area contributed by atoms with Crippen molar-refractivity contribution in [2.24, 2.45) is 5.92 Å². The maximum absolute atomic E-state index is 5.86. The van der Waals surface area contributed by atoms with Crippen molar-refractivity contribution in [1.29, 1.82) is 0 Å². The number of halogens is 1. The molecule has 2 aromatic rings. The Balaban J connectivity index is 1.58. The van der Waals surface area contributed by atoms with Gasteiger partial charge in [0.1, 0.15) is 11.0 Å². The fourth-order valence-electron chi connectivity index (χ4n) is 2.80. The van der Waals surface area contributed by atoms with Crippen LogP contribution in [0, 0.1) is 5.92 Å². The summed E-state index contributed by atoms with van der Waals surface area (Å²) in [5, 5.41) is 6.99. The Bertz CT molecular complexity index is 603. The maximum Gasteiger partial charge on any atom is 0.223 e. The van der Waals surface area contributed by atoms with E-state index in [-0.39, 0.29) is 5.95 Å². The van der Waals surface area contributed by atoms with Gasteiger partial charge in [0, 0.05) is 24.0 Å². The molecular weight excluding hydrogens is 298 g/mol. The first-order chi connectivity index (χ1) is 10.7. The van der Waals surface area contributed by atoms with Crippen LogP contribution in [-0.2, 0) is 0 Å². The van der Waals surface area contributed by atoms with Gasteiger partial charge in [-0.3, -0.25) is 0 Å². The lowest BCUT2D eigenvalue weighted by atomic mass is 10.1. The van der Waals surface area contributed by atoms with Gasteiger partial charge in [0.15, 0.2) is 0 Å². The van der Waals surface area contributed by atoms with E-state index in [0.29, 0.717) is 11.0 Å². The number of nitrogen functional groups attached to an aromatic ring is 1. The molecule has 1 saturated carbocycles. The van der Waals surface area contributed by atoms with Gasteiger partial charge in [0.05, 0.1) is 0 Å². The van der Waals surface area contributed by atoms with Crippen molar-refractivity contribution < 1.29 is 0 Å². The highest BCUT2D eigenvalue weighted by Crippen LogP contribution is 2.25. The minimum atomic E-state index is 0.157. The van der Waals surface area contributed by atoms with Crippen molar-refractivity contribution in [3.63, 3.8) is 0 Å². The molecule has 0 saturated heterocycles. The molecule has 6 heteroatoms. The molecule has 0 aliphatic heterocycles. The second-order valence-corrected chi connectivity index (χ2v) is 6.06. The zero-order valence-electron chi connectivity index (χ0n) is 12.3. The monoisotopic (exact) mass is 317 g/mol. The Hall–Kier alpha value is -2.01. The van der Waals surface area contributed by atoms with E-state index in [2.05, 4.69) is 32.7 Å². The van der Waals surface area contributed by atoms with Crippen molar-refractivity contribution in [1.82, 2.24) is 9.97 Å². The number of hydrogen-bond acceptors (Lipinski definition) is 5. The molecule has 1 aliphatic rings. The SMILES string of the molecule is Nc1nc(Cl)cc(Nc2ccc(NCC3CCCC3)cc2)n1. The lowest BCUT2D eigenvalue weighted by molar-refractivity contribution is 0.580. The first kappa shape index (κ1) is 14.9. The molecule has 0 atom stereocenters. The summed E-state index contributed by atoms with van der Waals surface area (Å²) in [6, 6.07) is 9.77. The first-order valence-corrected chi connectivity index (χ1v) is 7.98. The molecule has 116 valence electrons. The summed E-state index contributed by atoms with van der Waals surface area (Å²) in [6.45, 7) is 1.06. The van der Waals surface area contributed by atoms with Crippen molar-refractivity contribution >= 4 is 34.7 Å². The van der Waals surface area contributed by atoms with E-state index in [0.717, 1.165) is 23.8 Å². The smallest absolute Gasteiger partial charge is 0.223 e. The molecule has 5 nitrogen and oxygen atoms in total. The third kappa shape index (κ3) is 4.01. The number of nitrogens with one attached hydrogen (secondary N) is 2. The van der Waals surface area contributed by atoms with E-state index >= 15 is 0 Å². The van der Waals surface area contributed by atoms with Gasteiger partial charge < -0.3 is 16.4 Å². The Morgan fingerprint density at radius 3 is 2.45 bits per heavy atom. The summed E-state index contributed by atoms with van der Waals surface area (Å²) in [4.78, 5) is 7.93. The van der Waals surface area contributed by atoms with Crippen LogP contribution in [0.15, 0.2) is 30.3 Å². The molecule has 22 heavy (non-hydrogen) atoms. The fourth-order valence-corrected chi connectivity index (χ4v) is 2.99. The van der Waals surface area contributed by atoms with Gasteiger partial charge in [-0.1, -0.05) is 24.4 Å². The van der Waals surface area contributed by atoms with E-state index in [1.807, 2.05) is 12.1 Å². The third-order valence-corrected chi connectivity index (χ3v) is 4.13. The minimum Gasteiger partial charge on any atom is -0.385 e. The summed E-state index contributed by atoms with van der Waals surface area (Å²) >= 11 is 5.86. The Kier molecular flexibility index (Phi) is 4.63. The fraction of sp³-hybridized carbons (Fsp3) is 0.375. The van der Waals surface area contributed by atoms with Gasteiger partial charge in [-0.2, -0.15) is 4.98 Å². The predicted molar refractivity (Wildman–Crippen MR) is 91.6 cm³/mol. The number of nitrogens with two attached hydrogens (primary N) is 1. The number of anilines is 4. The van der Waals surface area contributed by atoms with Crippen LogP contribution in [0.2, 0.25) is 5.15 Å². The van der Waals surface area contributed by atoms with Gasteiger partial charge in [0.25, 0.3) is 0 Å². The topological polar surface area (TPSA) is 75.9 Å².